The van der Waals surface area contributed by atoms with Gasteiger partial charge in [-0.2, -0.15) is 0 Å². The number of rotatable bonds is 7. The van der Waals surface area contributed by atoms with Crippen molar-refractivity contribution in [2.75, 3.05) is 17.3 Å². The molecule has 5 heteroatoms. The second kappa shape index (κ2) is 6.39. The first-order valence-electron chi connectivity index (χ1n) is 7.26. The van der Waals surface area contributed by atoms with Gasteiger partial charge in [-0.05, 0) is 25.0 Å². The van der Waals surface area contributed by atoms with Crippen LogP contribution >= 0.6 is 23.1 Å². The van der Waals surface area contributed by atoms with Gasteiger partial charge >= 0.3 is 0 Å². The molecule has 1 heterocycles. The Labute approximate surface area is 129 Å². The zero-order chi connectivity index (χ0) is 14.9. The van der Waals surface area contributed by atoms with Crippen LogP contribution in [0.15, 0.2) is 4.90 Å². The lowest BCUT2D eigenvalue weighted by Crippen LogP contribution is -2.07. The summed E-state index contributed by atoms with van der Waals surface area (Å²) >= 11 is 3.16. The molecule has 1 aliphatic rings. The van der Waals surface area contributed by atoms with Crippen LogP contribution in [-0.2, 0) is 0 Å². The smallest absolute Gasteiger partial charge is 0.177 e. The Morgan fingerprint density at radius 2 is 2.25 bits per heavy atom. The van der Waals surface area contributed by atoms with Gasteiger partial charge in [-0.3, -0.25) is 4.79 Å². The molecule has 0 radical (unpaired) electrons. The molecule has 1 saturated carbocycles. The van der Waals surface area contributed by atoms with E-state index in [9.17, 15) is 4.79 Å². The first kappa shape index (κ1) is 15.7. The molecule has 0 aliphatic heterocycles. The van der Waals surface area contributed by atoms with Gasteiger partial charge in [0.25, 0.3) is 0 Å². The molecule has 2 atom stereocenters. The number of carbonyl (C=O) groups is 1. The number of Topliss-reactive ketones (excluding diaryl/α,β-unsaturated/α-hetero) is 1. The maximum atomic E-state index is 12.2. The molecule has 0 spiro atoms. The third-order valence-electron chi connectivity index (χ3n) is 3.75. The molecule has 2 rings (SSSR count). The summed E-state index contributed by atoms with van der Waals surface area (Å²) in [6, 6.07) is 0.570. The molecule has 1 aromatic heterocycles. The van der Waals surface area contributed by atoms with E-state index in [1.54, 1.807) is 11.8 Å². The lowest BCUT2D eigenvalue weighted by molar-refractivity contribution is 0.0944. The number of hydrogen-bond acceptors (Lipinski definition) is 5. The number of anilines is 2. The zero-order valence-corrected chi connectivity index (χ0v) is 14.3. The number of thiophene rings is 1. The highest BCUT2D eigenvalue weighted by Crippen LogP contribution is 2.46. The van der Waals surface area contributed by atoms with Crippen molar-refractivity contribution in [3.63, 3.8) is 0 Å². The highest BCUT2D eigenvalue weighted by atomic mass is 32.2. The minimum atomic E-state index is -0.00716. The Morgan fingerprint density at radius 1 is 1.55 bits per heavy atom. The van der Waals surface area contributed by atoms with Crippen LogP contribution in [0.5, 0.6) is 0 Å². The van der Waals surface area contributed by atoms with Crippen LogP contribution in [0.3, 0.4) is 0 Å². The van der Waals surface area contributed by atoms with Crippen LogP contribution in [0, 0.1) is 11.8 Å². The van der Waals surface area contributed by atoms with Gasteiger partial charge in [-0.1, -0.05) is 27.2 Å². The predicted molar refractivity (Wildman–Crippen MR) is 90.1 cm³/mol. The maximum Gasteiger partial charge on any atom is 0.177 e. The molecule has 0 saturated heterocycles. The van der Waals surface area contributed by atoms with E-state index in [1.807, 2.05) is 20.1 Å². The van der Waals surface area contributed by atoms with Crippen LogP contribution in [0.1, 0.15) is 49.7 Å². The number of thioether (sulfide) groups is 1. The molecule has 0 amide bonds. The third-order valence-corrected chi connectivity index (χ3v) is 5.86. The molecule has 2 unspecified atom stereocenters. The van der Waals surface area contributed by atoms with Gasteiger partial charge < -0.3 is 11.1 Å². The monoisotopic (exact) mass is 312 g/mol. The van der Waals surface area contributed by atoms with Gasteiger partial charge in [0.05, 0.1) is 15.5 Å². The molecule has 20 heavy (non-hydrogen) atoms. The summed E-state index contributed by atoms with van der Waals surface area (Å²) in [6.07, 6.45) is 5.78. The zero-order valence-electron chi connectivity index (χ0n) is 12.7. The summed E-state index contributed by atoms with van der Waals surface area (Å²) in [4.78, 5) is 14.0. The van der Waals surface area contributed by atoms with Gasteiger partial charge in [0, 0.05) is 12.0 Å². The number of carbonyl (C=O) groups excluding carboxylic acids is 1. The van der Waals surface area contributed by atoms with E-state index in [4.69, 9.17) is 5.73 Å². The van der Waals surface area contributed by atoms with Gasteiger partial charge in [0.15, 0.2) is 5.78 Å². The van der Waals surface area contributed by atoms with E-state index in [2.05, 4.69) is 12.2 Å². The SMILES string of the molecule is CCCC1CC1Nc1sc(C(=O)C(C)C)c(N)c1SC. The van der Waals surface area contributed by atoms with Crippen LogP contribution in [-0.4, -0.2) is 18.1 Å². The Hall–Kier alpha value is -0.680. The van der Waals surface area contributed by atoms with E-state index < -0.39 is 0 Å². The first-order chi connectivity index (χ1) is 9.49. The molecule has 0 aromatic carbocycles. The fourth-order valence-electron chi connectivity index (χ4n) is 2.45. The van der Waals surface area contributed by atoms with E-state index in [1.165, 1.54) is 30.6 Å². The van der Waals surface area contributed by atoms with Crippen molar-refractivity contribution in [3.05, 3.63) is 4.88 Å². The fourth-order valence-corrected chi connectivity index (χ4v) is 4.63. The minimum absolute atomic E-state index is 0.00716. The third kappa shape index (κ3) is 3.14. The van der Waals surface area contributed by atoms with Crippen molar-refractivity contribution >= 4 is 39.6 Å². The van der Waals surface area contributed by atoms with Gasteiger partial charge in [-0.25, -0.2) is 0 Å². The van der Waals surface area contributed by atoms with E-state index in [0.717, 1.165) is 20.7 Å². The number of nitrogens with one attached hydrogen (secondary N) is 1. The van der Waals surface area contributed by atoms with Gasteiger partial charge in [0.1, 0.15) is 5.00 Å². The normalized spacial score (nSPS) is 21.2. The number of ketones is 1. The van der Waals surface area contributed by atoms with Crippen molar-refractivity contribution in [1.29, 1.82) is 0 Å². The molecular formula is C15H24N2OS2. The predicted octanol–water partition coefficient (Wildman–Crippen LogP) is 4.49. The van der Waals surface area contributed by atoms with Crippen molar-refractivity contribution in [1.82, 2.24) is 0 Å². The highest BCUT2D eigenvalue weighted by molar-refractivity contribution is 7.99. The second-order valence-electron chi connectivity index (χ2n) is 5.76. The Balaban J connectivity index is 2.17. The summed E-state index contributed by atoms with van der Waals surface area (Å²) in [5.74, 6) is 0.936. The van der Waals surface area contributed by atoms with Crippen molar-refractivity contribution in [3.8, 4) is 0 Å². The Bertz CT molecular complexity index is 496. The largest absolute Gasteiger partial charge is 0.396 e. The molecule has 1 aromatic rings. The van der Waals surface area contributed by atoms with Gasteiger partial charge in [0.2, 0.25) is 0 Å². The molecule has 1 aliphatic carbocycles. The first-order valence-corrected chi connectivity index (χ1v) is 9.30. The van der Waals surface area contributed by atoms with E-state index in [-0.39, 0.29) is 11.7 Å². The van der Waals surface area contributed by atoms with Crippen LogP contribution in [0.25, 0.3) is 0 Å². The molecule has 1 fully saturated rings. The lowest BCUT2D eigenvalue weighted by Gasteiger charge is -2.05. The van der Waals surface area contributed by atoms with Crippen molar-refractivity contribution in [2.45, 2.75) is 51.0 Å². The van der Waals surface area contributed by atoms with Crippen LogP contribution < -0.4 is 11.1 Å². The molecule has 3 nitrogen and oxygen atoms in total. The summed E-state index contributed by atoms with van der Waals surface area (Å²) in [7, 11) is 0. The minimum Gasteiger partial charge on any atom is -0.396 e. The van der Waals surface area contributed by atoms with E-state index in [0.29, 0.717) is 11.7 Å². The molecular weight excluding hydrogens is 288 g/mol. The summed E-state index contributed by atoms with van der Waals surface area (Å²) in [5, 5.41) is 4.68. The number of hydrogen-bond donors (Lipinski definition) is 2. The summed E-state index contributed by atoms with van der Waals surface area (Å²) in [6.45, 7) is 6.07. The Kier molecular flexibility index (Phi) is 5.02. The maximum absolute atomic E-state index is 12.2. The second-order valence-corrected chi connectivity index (χ2v) is 7.60. The standard InChI is InChI=1S/C15H24N2OS2/c1-5-6-9-7-10(9)17-15-14(19-4)11(16)13(20-15)12(18)8(2)3/h8-10,17H,5-7,16H2,1-4H3. The summed E-state index contributed by atoms with van der Waals surface area (Å²) in [5.41, 5.74) is 6.83. The van der Waals surface area contributed by atoms with Crippen molar-refractivity contribution < 1.29 is 4.79 Å². The number of nitrogen functional groups attached to an aromatic ring is 1. The lowest BCUT2D eigenvalue weighted by atomic mass is 10.1. The van der Waals surface area contributed by atoms with Gasteiger partial charge in [-0.15, -0.1) is 23.1 Å². The summed E-state index contributed by atoms with van der Waals surface area (Å²) < 4.78 is 0. The van der Waals surface area contributed by atoms with Crippen LogP contribution in [0.4, 0.5) is 10.7 Å². The topological polar surface area (TPSA) is 55.1 Å². The van der Waals surface area contributed by atoms with E-state index >= 15 is 0 Å². The quantitative estimate of drug-likeness (QED) is 0.575. The van der Waals surface area contributed by atoms with Crippen molar-refractivity contribution in [2.24, 2.45) is 11.8 Å². The average molecular weight is 313 g/mol. The average Bonchev–Trinajstić information content (AvgIpc) is 3.04. The molecule has 112 valence electrons. The number of nitrogens with two attached hydrogens (primary N) is 1. The van der Waals surface area contributed by atoms with Crippen LogP contribution in [0.2, 0.25) is 0 Å². The molecule has 0 bridgehead atoms. The molecule has 3 N–H and O–H groups in total. The Morgan fingerprint density at radius 3 is 2.80 bits per heavy atom. The fraction of sp³-hybridized carbons (Fsp3) is 0.667. The highest BCUT2D eigenvalue weighted by Gasteiger charge is 2.37.